The van der Waals surface area contributed by atoms with Gasteiger partial charge < -0.3 is 11.1 Å². The smallest absolute Gasteiger partial charge is 0.254 e. The Bertz CT molecular complexity index is 747. The van der Waals surface area contributed by atoms with Crippen molar-refractivity contribution < 1.29 is 14.0 Å². The van der Waals surface area contributed by atoms with Crippen molar-refractivity contribution in [2.24, 2.45) is 11.7 Å². The van der Waals surface area contributed by atoms with Crippen LogP contribution in [0.15, 0.2) is 36.7 Å². The SMILES string of the molecule is CC(C)(C)n1cc(C(=O)NC[C@@H](Cc2ccc(F)cc2)C(N)=O)cn1. The Morgan fingerprint density at radius 1 is 1.28 bits per heavy atom. The molecule has 2 amide bonds. The van der Waals surface area contributed by atoms with E-state index < -0.39 is 11.8 Å². The van der Waals surface area contributed by atoms with Crippen LogP contribution in [0.5, 0.6) is 0 Å². The molecule has 25 heavy (non-hydrogen) atoms. The van der Waals surface area contributed by atoms with Crippen LogP contribution >= 0.6 is 0 Å². The lowest BCUT2D eigenvalue weighted by Crippen LogP contribution is -2.37. The van der Waals surface area contributed by atoms with Gasteiger partial charge in [0, 0.05) is 12.7 Å². The average Bonchev–Trinajstić information content (AvgIpc) is 3.03. The van der Waals surface area contributed by atoms with Gasteiger partial charge in [-0.25, -0.2) is 4.39 Å². The highest BCUT2D eigenvalue weighted by Crippen LogP contribution is 2.13. The number of hydrogen-bond acceptors (Lipinski definition) is 3. The number of hydrogen-bond donors (Lipinski definition) is 2. The van der Waals surface area contributed by atoms with E-state index in [-0.39, 0.29) is 23.8 Å². The molecule has 0 spiro atoms. The molecule has 6 nitrogen and oxygen atoms in total. The van der Waals surface area contributed by atoms with Crippen LogP contribution in [0.4, 0.5) is 4.39 Å². The van der Waals surface area contributed by atoms with Gasteiger partial charge in [0.15, 0.2) is 0 Å². The third-order valence-corrected chi connectivity index (χ3v) is 3.84. The second-order valence-corrected chi connectivity index (χ2v) is 6.98. The molecule has 0 unspecified atom stereocenters. The van der Waals surface area contributed by atoms with Gasteiger partial charge in [-0.15, -0.1) is 0 Å². The molecule has 0 saturated carbocycles. The van der Waals surface area contributed by atoms with E-state index >= 15 is 0 Å². The highest BCUT2D eigenvalue weighted by atomic mass is 19.1. The maximum atomic E-state index is 13.0. The Hall–Kier alpha value is -2.70. The van der Waals surface area contributed by atoms with Crippen LogP contribution in [0.25, 0.3) is 0 Å². The second-order valence-electron chi connectivity index (χ2n) is 6.98. The number of amides is 2. The summed E-state index contributed by atoms with van der Waals surface area (Å²) in [5.74, 6) is -1.76. The van der Waals surface area contributed by atoms with Gasteiger partial charge in [0.25, 0.3) is 5.91 Å². The van der Waals surface area contributed by atoms with Gasteiger partial charge in [-0.05, 0) is 44.9 Å². The summed E-state index contributed by atoms with van der Waals surface area (Å²) in [4.78, 5) is 23.9. The number of nitrogens with one attached hydrogen (secondary N) is 1. The summed E-state index contributed by atoms with van der Waals surface area (Å²) in [6.45, 7) is 6.04. The fourth-order valence-electron chi connectivity index (χ4n) is 2.30. The monoisotopic (exact) mass is 346 g/mol. The first-order valence-corrected chi connectivity index (χ1v) is 8.04. The summed E-state index contributed by atoms with van der Waals surface area (Å²) < 4.78 is 14.7. The Morgan fingerprint density at radius 3 is 2.44 bits per heavy atom. The van der Waals surface area contributed by atoms with Crippen LogP contribution in [-0.2, 0) is 16.8 Å². The van der Waals surface area contributed by atoms with Gasteiger partial charge in [0.05, 0.1) is 23.2 Å². The summed E-state index contributed by atoms with van der Waals surface area (Å²) in [6, 6.07) is 5.85. The van der Waals surface area contributed by atoms with Gasteiger partial charge in [-0.2, -0.15) is 5.10 Å². The molecule has 2 aromatic rings. The van der Waals surface area contributed by atoms with Crippen molar-refractivity contribution in [3.05, 3.63) is 53.6 Å². The zero-order chi connectivity index (χ0) is 18.6. The molecule has 2 rings (SSSR count). The molecule has 7 heteroatoms. The molecule has 3 N–H and O–H groups in total. The molecule has 1 heterocycles. The van der Waals surface area contributed by atoms with Crippen molar-refractivity contribution >= 4 is 11.8 Å². The van der Waals surface area contributed by atoms with Crippen molar-refractivity contribution in [1.29, 1.82) is 0 Å². The van der Waals surface area contributed by atoms with E-state index in [4.69, 9.17) is 5.73 Å². The van der Waals surface area contributed by atoms with Crippen LogP contribution in [0, 0.1) is 11.7 Å². The molecule has 0 bridgehead atoms. The van der Waals surface area contributed by atoms with Crippen LogP contribution in [0.2, 0.25) is 0 Å². The standard InChI is InChI=1S/C18H23FN4O2/c1-18(2,3)23-11-14(10-22-23)17(25)21-9-13(16(20)24)8-12-4-6-15(19)7-5-12/h4-7,10-11,13H,8-9H2,1-3H3,(H2,20,24)(H,21,25)/t13-/m1/s1. The lowest BCUT2D eigenvalue weighted by atomic mass is 9.98. The molecular weight excluding hydrogens is 323 g/mol. The lowest BCUT2D eigenvalue weighted by molar-refractivity contribution is -0.121. The van der Waals surface area contributed by atoms with E-state index in [1.165, 1.54) is 18.3 Å². The van der Waals surface area contributed by atoms with Crippen LogP contribution in [0.1, 0.15) is 36.7 Å². The fraction of sp³-hybridized carbons (Fsp3) is 0.389. The first kappa shape index (κ1) is 18.6. The summed E-state index contributed by atoms with van der Waals surface area (Å²) in [7, 11) is 0. The first-order chi connectivity index (χ1) is 11.7. The number of primary amides is 1. The summed E-state index contributed by atoms with van der Waals surface area (Å²) in [5.41, 5.74) is 6.39. The van der Waals surface area contributed by atoms with Crippen LogP contribution < -0.4 is 11.1 Å². The maximum absolute atomic E-state index is 13.0. The largest absolute Gasteiger partial charge is 0.369 e. The number of nitrogens with two attached hydrogens (primary N) is 1. The van der Waals surface area contributed by atoms with E-state index in [0.717, 1.165) is 5.56 Å². The van der Waals surface area contributed by atoms with Gasteiger partial charge in [0.1, 0.15) is 5.82 Å². The van der Waals surface area contributed by atoms with Gasteiger partial charge >= 0.3 is 0 Å². The molecule has 0 saturated heterocycles. The minimum Gasteiger partial charge on any atom is -0.369 e. The fourth-order valence-corrected chi connectivity index (χ4v) is 2.30. The molecule has 0 aliphatic carbocycles. The van der Waals surface area contributed by atoms with Crippen molar-refractivity contribution in [3.63, 3.8) is 0 Å². The predicted molar refractivity (Wildman–Crippen MR) is 92.3 cm³/mol. The molecule has 0 radical (unpaired) electrons. The van der Waals surface area contributed by atoms with Crippen molar-refractivity contribution in [3.8, 4) is 0 Å². The van der Waals surface area contributed by atoms with Crippen molar-refractivity contribution in [2.45, 2.75) is 32.7 Å². The minimum absolute atomic E-state index is 0.103. The van der Waals surface area contributed by atoms with E-state index in [1.54, 1.807) is 23.0 Å². The summed E-state index contributed by atoms with van der Waals surface area (Å²) in [5, 5.41) is 6.89. The van der Waals surface area contributed by atoms with E-state index in [9.17, 15) is 14.0 Å². The average molecular weight is 346 g/mol. The zero-order valence-electron chi connectivity index (χ0n) is 14.6. The molecular formula is C18H23FN4O2. The summed E-state index contributed by atoms with van der Waals surface area (Å²) >= 11 is 0. The van der Waals surface area contributed by atoms with Crippen LogP contribution in [-0.4, -0.2) is 28.1 Å². The van der Waals surface area contributed by atoms with E-state index in [0.29, 0.717) is 12.0 Å². The number of carbonyl (C=O) groups excluding carboxylic acids is 2. The number of carbonyl (C=O) groups is 2. The molecule has 134 valence electrons. The molecule has 0 aliphatic rings. The lowest BCUT2D eigenvalue weighted by Gasteiger charge is -2.18. The highest BCUT2D eigenvalue weighted by molar-refractivity contribution is 5.94. The van der Waals surface area contributed by atoms with Gasteiger partial charge in [-0.1, -0.05) is 12.1 Å². The Morgan fingerprint density at radius 2 is 1.92 bits per heavy atom. The second kappa shape index (κ2) is 7.46. The molecule has 1 aromatic carbocycles. The highest BCUT2D eigenvalue weighted by Gasteiger charge is 2.20. The number of nitrogens with zero attached hydrogens (tertiary/aromatic N) is 2. The van der Waals surface area contributed by atoms with E-state index in [2.05, 4.69) is 10.4 Å². The Kier molecular flexibility index (Phi) is 5.56. The maximum Gasteiger partial charge on any atom is 0.254 e. The van der Waals surface area contributed by atoms with Gasteiger partial charge in [0.2, 0.25) is 5.91 Å². The molecule has 1 aromatic heterocycles. The Balaban J connectivity index is 1.98. The first-order valence-electron chi connectivity index (χ1n) is 8.04. The number of aromatic nitrogens is 2. The minimum atomic E-state index is -0.577. The number of rotatable bonds is 6. The number of benzene rings is 1. The molecule has 0 aliphatic heterocycles. The van der Waals surface area contributed by atoms with Crippen molar-refractivity contribution in [1.82, 2.24) is 15.1 Å². The van der Waals surface area contributed by atoms with Crippen molar-refractivity contribution in [2.75, 3.05) is 6.54 Å². The van der Waals surface area contributed by atoms with Gasteiger partial charge in [-0.3, -0.25) is 14.3 Å². The third-order valence-electron chi connectivity index (χ3n) is 3.84. The molecule has 0 fully saturated rings. The topological polar surface area (TPSA) is 90.0 Å². The molecule has 1 atom stereocenters. The summed E-state index contributed by atoms with van der Waals surface area (Å²) in [6.07, 6.45) is 3.48. The van der Waals surface area contributed by atoms with Crippen LogP contribution in [0.3, 0.4) is 0 Å². The quantitative estimate of drug-likeness (QED) is 0.836. The number of halogens is 1. The van der Waals surface area contributed by atoms with E-state index in [1.807, 2.05) is 20.8 Å². The Labute approximate surface area is 146 Å². The zero-order valence-corrected chi connectivity index (χ0v) is 14.6. The normalized spacial score (nSPS) is 12.6. The third kappa shape index (κ3) is 5.14. The predicted octanol–water partition coefficient (Wildman–Crippen LogP) is 1.85.